The maximum Gasteiger partial charge on any atom is 0.123 e. The van der Waals surface area contributed by atoms with E-state index in [1.54, 1.807) is 0 Å². The highest BCUT2D eigenvalue weighted by atomic mass is 16.5. The van der Waals surface area contributed by atoms with Gasteiger partial charge in [0.25, 0.3) is 0 Å². The quantitative estimate of drug-likeness (QED) is 0.920. The van der Waals surface area contributed by atoms with Crippen LogP contribution in [0, 0.1) is 12.8 Å². The Labute approximate surface area is 122 Å². The third-order valence-corrected chi connectivity index (χ3v) is 3.94. The van der Waals surface area contributed by atoms with Crippen LogP contribution in [-0.4, -0.2) is 25.9 Å². The summed E-state index contributed by atoms with van der Waals surface area (Å²) in [5.74, 6) is 1.39. The van der Waals surface area contributed by atoms with E-state index in [1.807, 2.05) is 0 Å². The van der Waals surface area contributed by atoms with E-state index in [9.17, 15) is 0 Å². The Balaban J connectivity index is 2.05. The number of rotatable bonds is 4. The van der Waals surface area contributed by atoms with Crippen molar-refractivity contribution in [1.82, 2.24) is 0 Å². The molecule has 0 bridgehead atoms. The highest BCUT2D eigenvalue weighted by Gasteiger charge is 2.24. The van der Waals surface area contributed by atoms with E-state index in [0.717, 1.165) is 25.4 Å². The van der Waals surface area contributed by atoms with Crippen LogP contribution in [0.15, 0.2) is 18.2 Å². The van der Waals surface area contributed by atoms with Crippen molar-refractivity contribution in [1.29, 1.82) is 0 Å². The Morgan fingerprint density at radius 1 is 1.40 bits per heavy atom. The van der Waals surface area contributed by atoms with Crippen molar-refractivity contribution >= 4 is 0 Å². The lowest BCUT2D eigenvalue weighted by molar-refractivity contribution is 0.169. The molecule has 0 aliphatic carbocycles. The summed E-state index contributed by atoms with van der Waals surface area (Å²) in [4.78, 5) is 0. The molecule has 2 N–H and O–H groups in total. The molecule has 0 saturated carbocycles. The molecule has 20 heavy (non-hydrogen) atoms. The van der Waals surface area contributed by atoms with Crippen LogP contribution in [0.4, 0.5) is 0 Å². The molecule has 3 heteroatoms. The molecular formula is C17H27NO2. The second kappa shape index (κ2) is 6.15. The number of hydrogen-bond acceptors (Lipinski definition) is 3. The van der Waals surface area contributed by atoms with E-state index in [4.69, 9.17) is 15.2 Å². The first-order valence-electron chi connectivity index (χ1n) is 7.45. The second-order valence-corrected chi connectivity index (χ2v) is 6.85. The number of ether oxygens (including phenoxy) is 2. The molecule has 0 radical (unpaired) electrons. The van der Waals surface area contributed by atoms with Crippen LogP contribution in [0.25, 0.3) is 0 Å². The lowest BCUT2D eigenvalue weighted by Crippen LogP contribution is -2.36. The van der Waals surface area contributed by atoms with Gasteiger partial charge in [0, 0.05) is 18.6 Å². The molecule has 1 aliphatic rings. The van der Waals surface area contributed by atoms with E-state index in [-0.39, 0.29) is 11.5 Å². The first-order chi connectivity index (χ1) is 9.38. The van der Waals surface area contributed by atoms with Gasteiger partial charge in [-0.15, -0.1) is 0 Å². The minimum Gasteiger partial charge on any atom is -0.492 e. The van der Waals surface area contributed by atoms with Gasteiger partial charge < -0.3 is 15.2 Å². The zero-order chi connectivity index (χ0) is 14.8. The Morgan fingerprint density at radius 3 is 2.75 bits per heavy atom. The summed E-state index contributed by atoms with van der Waals surface area (Å²) < 4.78 is 11.4. The van der Waals surface area contributed by atoms with Crippen molar-refractivity contribution in [2.24, 2.45) is 11.7 Å². The van der Waals surface area contributed by atoms with E-state index in [2.05, 4.69) is 45.9 Å². The summed E-state index contributed by atoms with van der Waals surface area (Å²) in [7, 11) is 0. The predicted molar refractivity (Wildman–Crippen MR) is 82.3 cm³/mol. The minimum atomic E-state index is 0.0478. The van der Waals surface area contributed by atoms with Crippen LogP contribution < -0.4 is 10.5 Å². The first kappa shape index (κ1) is 15.3. The van der Waals surface area contributed by atoms with Gasteiger partial charge in [0.15, 0.2) is 0 Å². The van der Waals surface area contributed by atoms with Gasteiger partial charge >= 0.3 is 0 Å². The van der Waals surface area contributed by atoms with Gasteiger partial charge in [-0.25, -0.2) is 0 Å². The number of aryl methyl sites for hydroxylation is 1. The Kier molecular flexibility index (Phi) is 4.71. The molecule has 3 nitrogen and oxygen atoms in total. The molecule has 1 heterocycles. The van der Waals surface area contributed by atoms with Crippen molar-refractivity contribution in [3.05, 3.63) is 29.3 Å². The minimum absolute atomic E-state index is 0.0478. The fourth-order valence-electron chi connectivity index (χ4n) is 2.57. The largest absolute Gasteiger partial charge is 0.492 e. The van der Waals surface area contributed by atoms with Crippen molar-refractivity contribution in [2.45, 2.75) is 45.6 Å². The molecule has 1 aromatic rings. The normalized spacial score (nSPS) is 20.9. The van der Waals surface area contributed by atoms with E-state index in [0.29, 0.717) is 12.5 Å². The van der Waals surface area contributed by atoms with Gasteiger partial charge in [0.05, 0.1) is 6.61 Å². The fraction of sp³-hybridized carbons (Fsp3) is 0.647. The molecule has 112 valence electrons. The zero-order valence-corrected chi connectivity index (χ0v) is 13.1. The third kappa shape index (κ3) is 3.74. The van der Waals surface area contributed by atoms with Crippen LogP contribution in [-0.2, 0) is 10.2 Å². The highest BCUT2D eigenvalue weighted by molar-refractivity contribution is 5.41. The molecule has 2 rings (SSSR count). The lowest BCUT2D eigenvalue weighted by atomic mass is 9.85. The standard InChI is InChI=1S/C17H27NO2/c1-12-5-6-16(14(9-12)17(2,3)4)20-11-15(18)13-7-8-19-10-13/h5-6,9,13,15H,7-8,10-11,18H2,1-4H3. The molecular weight excluding hydrogens is 250 g/mol. The van der Waals surface area contributed by atoms with Gasteiger partial charge in [-0.05, 0) is 30.4 Å². The average molecular weight is 277 g/mol. The molecule has 1 aliphatic heterocycles. The van der Waals surface area contributed by atoms with Crippen molar-refractivity contribution in [2.75, 3.05) is 19.8 Å². The first-order valence-corrected chi connectivity index (χ1v) is 7.45. The summed E-state index contributed by atoms with van der Waals surface area (Å²) in [5.41, 5.74) is 8.79. The maximum atomic E-state index is 6.21. The maximum absolute atomic E-state index is 6.21. The fourth-order valence-corrected chi connectivity index (χ4v) is 2.57. The zero-order valence-electron chi connectivity index (χ0n) is 13.1. The second-order valence-electron chi connectivity index (χ2n) is 6.85. The Morgan fingerprint density at radius 2 is 2.15 bits per heavy atom. The molecule has 1 fully saturated rings. The van der Waals surface area contributed by atoms with E-state index in [1.165, 1.54) is 11.1 Å². The number of nitrogens with two attached hydrogens (primary N) is 1. The summed E-state index contributed by atoms with van der Waals surface area (Å²) in [6.45, 7) is 10.9. The van der Waals surface area contributed by atoms with Crippen molar-refractivity contribution in [3.63, 3.8) is 0 Å². The van der Waals surface area contributed by atoms with Gasteiger partial charge in [0.2, 0.25) is 0 Å². The predicted octanol–water partition coefficient (Wildman–Crippen LogP) is 3.04. The Hall–Kier alpha value is -1.06. The highest BCUT2D eigenvalue weighted by Crippen LogP contribution is 2.32. The monoisotopic (exact) mass is 277 g/mol. The van der Waals surface area contributed by atoms with Crippen LogP contribution in [0.3, 0.4) is 0 Å². The molecule has 2 atom stereocenters. The topological polar surface area (TPSA) is 44.5 Å². The van der Waals surface area contributed by atoms with Gasteiger partial charge in [-0.2, -0.15) is 0 Å². The van der Waals surface area contributed by atoms with Crippen LogP contribution >= 0.6 is 0 Å². The average Bonchev–Trinajstić information content (AvgIpc) is 2.89. The molecule has 1 saturated heterocycles. The molecule has 0 spiro atoms. The van der Waals surface area contributed by atoms with E-state index >= 15 is 0 Å². The Bertz CT molecular complexity index is 445. The SMILES string of the molecule is Cc1ccc(OCC(N)C2CCOC2)c(C(C)(C)C)c1. The number of benzene rings is 1. The smallest absolute Gasteiger partial charge is 0.123 e. The van der Waals surface area contributed by atoms with Crippen molar-refractivity contribution < 1.29 is 9.47 Å². The third-order valence-electron chi connectivity index (χ3n) is 3.94. The van der Waals surface area contributed by atoms with Crippen molar-refractivity contribution in [3.8, 4) is 5.75 Å². The molecule has 0 aromatic heterocycles. The summed E-state index contributed by atoms with van der Waals surface area (Å²) in [5, 5.41) is 0. The van der Waals surface area contributed by atoms with Gasteiger partial charge in [-0.1, -0.05) is 38.5 Å². The summed E-state index contributed by atoms with van der Waals surface area (Å²) in [6, 6.07) is 6.41. The molecule has 0 amide bonds. The van der Waals surface area contributed by atoms with Crippen LogP contribution in [0.1, 0.15) is 38.3 Å². The molecule has 2 unspecified atom stereocenters. The van der Waals surface area contributed by atoms with Gasteiger partial charge in [-0.3, -0.25) is 0 Å². The lowest BCUT2D eigenvalue weighted by Gasteiger charge is -2.25. The van der Waals surface area contributed by atoms with Gasteiger partial charge in [0.1, 0.15) is 12.4 Å². The summed E-state index contributed by atoms with van der Waals surface area (Å²) in [6.07, 6.45) is 1.05. The van der Waals surface area contributed by atoms with Crippen LogP contribution in [0.2, 0.25) is 0 Å². The van der Waals surface area contributed by atoms with Crippen LogP contribution in [0.5, 0.6) is 5.75 Å². The number of hydrogen-bond donors (Lipinski definition) is 1. The molecule has 1 aromatic carbocycles. The van der Waals surface area contributed by atoms with E-state index < -0.39 is 0 Å². The summed E-state index contributed by atoms with van der Waals surface area (Å²) >= 11 is 0.